The first-order chi connectivity index (χ1) is 10.3. The molecule has 0 bridgehead atoms. The van der Waals surface area contributed by atoms with Gasteiger partial charge < -0.3 is 0 Å². The largest absolute Gasteiger partial charge is 0.294 e. The van der Waals surface area contributed by atoms with Crippen molar-refractivity contribution in [1.82, 2.24) is 0 Å². The van der Waals surface area contributed by atoms with E-state index in [2.05, 4.69) is 37.3 Å². The fourth-order valence-corrected chi connectivity index (χ4v) is 3.26. The summed E-state index contributed by atoms with van der Waals surface area (Å²) in [5, 5.41) is 0. The summed E-state index contributed by atoms with van der Waals surface area (Å²) in [6, 6.07) is 16.9. The van der Waals surface area contributed by atoms with Crippen molar-refractivity contribution in [2.75, 3.05) is 0 Å². The lowest BCUT2D eigenvalue weighted by atomic mass is 9.89. The fraction of sp³-hybridized carbons (Fsp3) is 0.350. The second-order valence-electron chi connectivity index (χ2n) is 5.98. The van der Waals surface area contributed by atoms with Crippen LogP contribution in [0.2, 0.25) is 0 Å². The van der Waals surface area contributed by atoms with Gasteiger partial charge in [0, 0.05) is 11.5 Å². The fourth-order valence-electron chi connectivity index (χ4n) is 3.26. The summed E-state index contributed by atoms with van der Waals surface area (Å²) in [6.07, 6.45) is 5.09. The van der Waals surface area contributed by atoms with Crippen molar-refractivity contribution in [3.05, 3.63) is 70.8 Å². The molecule has 21 heavy (non-hydrogen) atoms. The first-order valence-electron chi connectivity index (χ1n) is 7.98. The van der Waals surface area contributed by atoms with Gasteiger partial charge >= 0.3 is 0 Å². The van der Waals surface area contributed by atoms with E-state index in [4.69, 9.17) is 0 Å². The summed E-state index contributed by atoms with van der Waals surface area (Å²) in [4.78, 5) is 12.8. The van der Waals surface area contributed by atoms with E-state index in [0.717, 1.165) is 37.7 Å². The molecular weight excluding hydrogens is 256 g/mol. The van der Waals surface area contributed by atoms with Crippen LogP contribution in [0.25, 0.3) is 0 Å². The zero-order valence-corrected chi connectivity index (χ0v) is 12.6. The van der Waals surface area contributed by atoms with E-state index in [0.29, 0.717) is 5.78 Å². The van der Waals surface area contributed by atoms with E-state index in [1.54, 1.807) is 0 Å². The molecule has 0 aliphatic heterocycles. The molecule has 1 heteroatoms. The van der Waals surface area contributed by atoms with Crippen LogP contribution in [0.15, 0.2) is 48.5 Å². The number of carbonyl (C=O) groups excluding carboxylic acids is 1. The topological polar surface area (TPSA) is 17.1 Å². The molecule has 0 heterocycles. The molecule has 2 aromatic carbocycles. The minimum atomic E-state index is 0.140. The molecule has 0 amide bonds. The lowest BCUT2D eigenvalue weighted by Gasteiger charge is -2.14. The van der Waals surface area contributed by atoms with Crippen molar-refractivity contribution in [3.63, 3.8) is 0 Å². The van der Waals surface area contributed by atoms with Gasteiger partial charge in [0.15, 0.2) is 5.78 Å². The average Bonchev–Trinajstić information content (AvgIpc) is 2.69. The SMILES string of the molecule is CCc1ccc(CC2CCCc3ccccc3C2=O)cc1. The predicted octanol–water partition coefficient (Wildman–Crippen LogP) is 4.63. The van der Waals surface area contributed by atoms with Crippen molar-refractivity contribution in [3.8, 4) is 0 Å². The third-order valence-corrected chi connectivity index (χ3v) is 4.57. The Kier molecular flexibility index (Phi) is 4.19. The number of carbonyl (C=O) groups is 1. The van der Waals surface area contributed by atoms with Gasteiger partial charge in [-0.05, 0) is 48.8 Å². The predicted molar refractivity (Wildman–Crippen MR) is 86.7 cm³/mol. The van der Waals surface area contributed by atoms with Gasteiger partial charge in [0.05, 0.1) is 0 Å². The molecule has 3 rings (SSSR count). The molecule has 0 saturated carbocycles. The summed E-state index contributed by atoms with van der Waals surface area (Å²) < 4.78 is 0. The Balaban J connectivity index is 1.80. The van der Waals surface area contributed by atoms with Gasteiger partial charge in [-0.3, -0.25) is 4.79 Å². The highest BCUT2D eigenvalue weighted by molar-refractivity contribution is 5.99. The molecule has 0 radical (unpaired) electrons. The number of ketones is 1. The molecular formula is C20H22O. The first kappa shape index (κ1) is 14.1. The van der Waals surface area contributed by atoms with Crippen molar-refractivity contribution in [2.24, 2.45) is 5.92 Å². The maximum Gasteiger partial charge on any atom is 0.166 e. The van der Waals surface area contributed by atoms with Gasteiger partial charge in [-0.15, -0.1) is 0 Å². The number of hydrogen-bond donors (Lipinski definition) is 0. The van der Waals surface area contributed by atoms with Crippen molar-refractivity contribution < 1.29 is 4.79 Å². The van der Waals surface area contributed by atoms with Crippen LogP contribution in [0.3, 0.4) is 0 Å². The lowest BCUT2D eigenvalue weighted by Crippen LogP contribution is -2.16. The highest BCUT2D eigenvalue weighted by Gasteiger charge is 2.25. The number of benzene rings is 2. The van der Waals surface area contributed by atoms with Crippen LogP contribution < -0.4 is 0 Å². The van der Waals surface area contributed by atoms with Gasteiger partial charge in [-0.25, -0.2) is 0 Å². The van der Waals surface area contributed by atoms with Crippen LogP contribution in [0.4, 0.5) is 0 Å². The highest BCUT2D eigenvalue weighted by Crippen LogP contribution is 2.27. The lowest BCUT2D eigenvalue weighted by molar-refractivity contribution is 0.0915. The van der Waals surface area contributed by atoms with E-state index in [9.17, 15) is 4.79 Å². The summed E-state index contributed by atoms with van der Waals surface area (Å²) in [5.41, 5.74) is 4.82. The second-order valence-corrected chi connectivity index (χ2v) is 5.98. The third-order valence-electron chi connectivity index (χ3n) is 4.57. The second kappa shape index (κ2) is 6.26. The molecule has 0 fully saturated rings. The maximum absolute atomic E-state index is 12.8. The van der Waals surface area contributed by atoms with Crippen molar-refractivity contribution in [1.29, 1.82) is 0 Å². The quantitative estimate of drug-likeness (QED) is 0.748. The van der Waals surface area contributed by atoms with Gasteiger partial charge in [-0.1, -0.05) is 55.5 Å². The minimum Gasteiger partial charge on any atom is -0.294 e. The average molecular weight is 278 g/mol. The Morgan fingerprint density at radius 2 is 1.71 bits per heavy atom. The van der Waals surface area contributed by atoms with Crippen molar-refractivity contribution >= 4 is 5.78 Å². The highest BCUT2D eigenvalue weighted by atomic mass is 16.1. The third kappa shape index (κ3) is 3.07. The molecule has 0 aromatic heterocycles. The number of aryl methyl sites for hydroxylation is 2. The smallest absolute Gasteiger partial charge is 0.166 e. The number of rotatable bonds is 3. The van der Waals surface area contributed by atoms with Gasteiger partial charge in [0.25, 0.3) is 0 Å². The zero-order valence-electron chi connectivity index (χ0n) is 12.6. The molecule has 2 aromatic rings. The number of Topliss-reactive ketones (excluding diaryl/α,β-unsaturated/α-hetero) is 1. The summed E-state index contributed by atoms with van der Waals surface area (Å²) in [7, 11) is 0. The Morgan fingerprint density at radius 1 is 1.00 bits per heavy atom. The Hall–Kier alpha value is -1.89. The van der Waals surface area contributed by atoms with Crippen LogP contribution in [-0.4, -0.2) is 5.78 Å². The maximum atomic E-state index is 12.8. The van der Waals surface area contributed by atoms with E-state index >= 15 is 0 Å². The van der Waals surface area contributed by atoms with Crippen LogP contribution in [0, 0.1) is 5.92 Å². The zero-order chi connectivity index (χ0) is 14.7. The molecule has 1 atom stereocenters. The molecule has 0 saturated heterocycles. The molecule has 1 unspecified atom stereocenters. The Morgan fingerprint density at radius 3 is 2.48 bits per heavy atom. The monoisotopic (exact) mass is 278 g/mol. The minimum absolute atomic E-state index is 0.140. The van der Waals surface area contributed by atoms with E-state index in [1.165, 1.54) is 16.7 Å². The Labute approximate surface area is 127 Å². The van der Waals surface area contributed by atoms with Crippen LogP contribution in [0.5, 0.6) is 0 Å². The van der Waals surface area contributed by atoms with Gasteiger partial charge in [0.2, 0.25) is 0 Å². The van der Waals surface area contributed by atoms with Gasteiger partial charge in [0.1, 0.15) is 0 Å². The van der Waals surface area contributed by atoms with Crippen LogP contribution in [0.1, 0.15) is 46.8 Å². The molecule has 1 aliphatic rings. The summed E-state index contributed by atoms with van der Waals surface area (Å²) in [5.74, 6) is 0.476. The molecule has 0 spiro atoms. The molecule has 0 N–H and O–H groups in total. The van der Waals surface area contributed by atoms with Crippen LogP contribution >= 0.6 is 0 Å². The normalized spacial score (nSPS) is 18.1. The van der Waals surface area contributed by atoms with Crippen molar-refractivity contribution in [2.45, 2.75) is 39.0 Å². The Bertz CT molecular complexity index is 625. The molecule has 1 nitrogen and oxygen atoms in total. The standard InChI is InChI=1S/C20H22O/c1-2-15-10-12-16(13-11-15)14-18-8-5-7-17-6-3-4-9-19(17)20(18)21/h3-4,6,9-13,18H,2,5,7-8,14H2,1H3. The molecule has 1 aliphatic carbocycles. The molecule has 108 valence electrons. The number of fused-ring (bicyclic) bond motifs is 1. The van der Waals surface area contributed by atoms with E-state index in [-0.39, 0.29) is 5.92 Å². The number of hydrogen-bond acceptors (Lipinski definition) is 1. The summed E-state index contributed by atoms with van der Waals surface area (Å²) in [6.45, 7) is 2.17. The first-order valence-corrected chi connectivity index (χ1v) is 7.98. The van der Waals surface area contributed by atoms with E-state index in [1.807, 2.05) is 18.2 Å². The van der Waals surface area contributed by atoms with E-state index < -0.39 is 0 Å². The van der Waals surface area contributed by atoms with Crippen LogP contribution in [-0.2, 0) is 19.3 Å². The van der Waals surface area contributed by atoms with Gasteiger partial charge in [-0.2, -0.15) is 0 Å². The summed E-state index contributed by atoms with van der Waals surface area (Å²) >= 11 is 0.